The van der Waals surface area contributed by atoms with Crippen LogP contribution in [0.15, 0.2) is 54.4 Å². The van der Waals surface area contributed by atoms with Crippen molar-refractivity contribution >= 4 is 53.1 Å². The molecule has 2 aliphatic rings. The van der Waals surface area contributed by atoms with Gasteiger partial charge in [-0.2, -0.15) is 0 Å². The van der Waals surface area contributed by atoms with Crippen LogP contribution in [0.4, 0.5) is 28.6 Å². The van der Waals surface area contributed by atoms with Gasteiger partial charge in [-0.05, 0) is 55.8 Å². The zero-order valence-electron chi connectivity index (χ0n) is 20.4. The van der Waals surface area contributed by atoms with Crippen LogP contribution in [0, 0.1) is 0 Å². The second kappa shape index (κ2) is 10.8. The number of piperidine rings is 1. The number of benzene rings is 1. The number of hydrogen-bond acceptors (Lipinski definition) is 5. The molecule has 1 aromatic carbocycles. The summed E-state index contributed by atoms with van der Waals surface area (Å²) >= 11 is 7.58. The molecule has 1 fully saturated rings. The second-order valence-electron chi connectivity index (χ2n) is 9.12. The maximum Gasteiger partial charge on any atom is 0.673 e. The minimum absolute atomic E-state index is 0.214. The number of thiophene rings is 1. The number of ether oxygens (including phenoxy) is 1. The number of thiocarbonyl (C=S) groups is 1. The molecule has 6 nitrogen and oxygen atoms in total. The molecule has 1 atom stereocenters. The normalized spacial score (nSPS) is 18.7. The summed E-state index contributed by atoms with van der Waals surface area (Å²) in [4.78, 5) is 19.8. The summed E-state index contributed by atoms with van der Waals surface area (Å²) < 4.78 is 48.5. The van der Waals surface area contributed by atoms with Gasteiger partial charge in [0, 0.05) is 4.88 Å². The molecule has 0 radical (unpaired) electrons. The van der Waals surface area contributed by atoms with Crippen LogP contribution in [0.2, 0.25) is 0 Å². The number of aromatic nitrogens is 2. The highest BCUT2D eigenvalue weighted by molar-refractivity contribution is 7.80. The van der Waals surface area contributed by atoms with Crippen LogP contribution in [0.3, 0.4) is 0 Å². The average molecular weight is 554 g/mol. The molecular formula is C24H27BF4N4O2S2. The van der Waals surface area contributed by atoms with Crippen LogP contribution in [0.1, 0.15) is 41.4 Å². The van der Waals surface area contributed by atoms with E-state index in [1.54, 1.807) is 11.3 Å². The Morgan fingerprint density at radius 1 is 1.24 bits per heavy atom. The summed E-state index contributed by atoms with van der Waals surface area (Å²) in [5, 5.41) is 2.12. The molecule has 5 rings (SSSR count). The molecule has 1 saturated heterocycles. The Morgan fingerprint density at radius 3 is 2.65 bits per heavy atom. The lowest BCUT2D eigenvalue weighted by molar-refractivity contribution is -0.671. The fourth-order valence-corrected chi connectivity index (χ4v) is 5.94. The molecule has 0 aliphatic carbocycles. The van der Waals surface area contributed by atoms with Crippen LogP contribution in [0.25, 0.3) is 0 Å². The monoisotopic (exact) mass is 554 g/mol. The number of fused-ring (bicyclic) bond motifs is 3. The van der Waals surface area contributed by atoms with E-state index in [2.05, 4.69) is 40.3 Å². The molecular weight excluding hydrogens is 527 g/mol. The van der Waals surface area contributed by atoms with E-state index < -0.39 is 7.25 Å². The quantitative estimate of drug-likeness (QED) is 0.131. The summed E-state index contributed by atoms with van der Waals surface area (Å²) in [6.07, 6.45) is 8.89. The van der Waals surface area contributed by atoms with Crippen molar-refractivity contribution in [2.45, 2.75) is 44.9 Å². The first kappa shape index (κ1) is 27.1. The first-order valence-electron chi connectivity index (χ1n) is 11.8. The Balaban J connectivity index is 0.000000586. The lowest BCUT2D eigenvalue weighted by Gasteiger charge is -2.46. The van der Waals surface area contributed by atoms with Crippen molar-refractivity contribution in [2.24, 2.45) is 7.05 Å². The van der Waals surface area contributed by atoms with E-state index in [0.717, 1.165) is 42.2 Å². The van der Waals surface area contributed by atoms with E-state index >= 15 is 0 Å². The predicted molar refractivity (Wildman–Crippen MR) is 140 cm³/mol. The molecule has 0 bridgehead atoms. The summed E-state index contributed by atoms with van der Waals surface area (Å²) in [5.41, 5.74) is 2.49. The Labute approximate surface area is 222 Å². The highest BCUT2D eigenvalue weighted by atomic mass is 32.1. The van der Waals surface area contributed by atoms with Crippen LogP contribution in [0.5, 0.6) is 0 Å². The lowest BCUT2D eigenvalue weighted by Crippen LogP contribution is -2.58. The average Bonchev–Trinajstić information content (AvgIpc) is 3.52. The lowest BCUT2D eigenvalue weighted by atomic mass is 9.96. The molecule has 0 N–H and O–H groups in total. The van der Waals surface area contributed by atoms with E-state index in [4.69, 9.17) is 17.0 Å². The highest BCUT2D eigenvalue weighted by Gasteiger charge is 2.49. The van der Waals surface area contributed by atoms with Crippen molar-refractivity contribution in [1.82, 2.24) is 4.57 Å². The maximum atomic E-state index is 12.8. The highest BCUT2D eigenvalue weighted by Crippen LogP contribution is 2.51. The zero-order valence-corrected chi connectivity index (χ0v) is 22.1. The largest absolute Gasteiger partial charge is 0.673 e. The van der Waals surface area contributed by atoms with Gasteiger partial charge in [-0.1, -0.05) is 18.3 Å². The number of anilines is 2. The Hall–Kier alpha value is -2.93. The van der Waals surface area contributed by atoms with Gasteiger partial charge in [-0.3, -0.25) is 0 Å². The van der Waals surface area contributed by atoms with Gasteiger partial charge in [-0.15, -0.1) is 11.3 Å². The molecule has 0 saturated carbocycles. The molecule has 4 heterocycles. The summed E-state index contributed by atoms with van der Waals surface area (Å²) in [6.45, 7) is 4.05. The van der Waals surface area contributed by atoms with Crippen LogP contribution < -0.4 is 14.4 Å². The molecule has 0 amide bonds. The van der Waals surface area contributed by atoms with Gasteiger partial charge in [0.1, 0.15) is 31.2 Å². The van der Waals surface area contributed by atoms with Crippen molar-refractivity contribution in [3.8, 4) is 0 Å². The topological polar surface area (TPSA) is 41.6 Å². The van der Waals surface area contributed by atoms with Crippen LogP contribution in [-0.4, -0.2) is 35.0 Å². The number of halogens is 4. The Kier molecular flexibility index (Phi) is 7.93. The second-order valence-corrected chi connectivity index (χ2v) is 10.6. The minimum Gasteiger partial charge on any atom is -0.458 e. The number of imidazole rings is 1. The third kappa shape index (κ3) is 6.32. The number of carbonyl (C=O) groups excluding carboxylic acids is 1. The van der Waals surface area contributed by atoms with E-state index in [1.165, 1.54) is 4.88 Å². The van der Waals surface area contributed by atoms with Gasteiger partial charge in [0.15, 0.2) is 0 Å². The Bertz CT molecular complexity index is 1260. The van der Waals surface area contributed by atoms with Gasteiger partial charge in [0.25, 0.3) is 0 Å². The predicted octanol–water partition coefficient (Wildman–Crippen LogP) is 5.59. The fourth-order valence-electron chi connectivity index (χ4n) is 4.81. The van der Waals surface area contributed by atoms with E-state index in [9.17, 15) is 22.1 Å². The number of esters is 1. The third-order valence-corrected chi connectivity index (χ3v) is 7.64. The maximum absolute atomic E-state index is 12.8. The van der Waals surface area contributed by atoms with Gasteiger partial charge >= 0.3 is 13.2 Å². The number of carbonyl (C=O) groups is 1. The van der Waals surface area contributed by atoms with E-state index in [1.807, 2.05) is 47.0 Å². The standard InChI is InChI=1S/C24H27N4O2S2.BF4/c1-24-9-3-6-22(31)28(24)21-15-18(23(29)30-13-12-26-11-10-25(2)17-26)7-8-20(21)27(24)16-19-5-4-14-32-19;2-1(3,4)5/h4-5,7-8,10-11,14-15,17H,3,6,9,12-13,16H2,1-2H3;/q+1;-1. The van der Waals surface area contributed by atoms with Gasteiger partial charge in [-0.25, -0.2) is 13.9 Å². The molecule has 1 unspecified atom stereocenters. The molecule has 3 aromatic rings. The first-order valence-corrected chi connectivity index (χ1v) is 13.1. The summed E-state index contributed by atoms with van der Waals surface area (Å²) in [7, 11) is -4.03. The zero-order chi connectivity index (χ0) is 26.8. The van der Waals surface area contributed by atoms with Gasteiger partial charge in [0.2, 0.25) is 6.33 Å². The molecule has 37 heavy (non-hydrogen) atoms. The molecule has 13 heteroatoms. The summed E-state index contributed by atoms with van der Waals surface area (Å²) in [5.74, 6) is -0.300. The minimum atomic E-state index is -6.00. The van der Waals surface area contributed by atoms with Gasteiger partial charge in [0.05, 0.1) is 35.5 Å². The van der Waals surface area contributed by atoms with Crippen LogP contribution in [-0.2, 0) is 24.9 Å². The van der Waals surface area contributed by atoms with Gasteiger partial charge < -0.3 is 31.8 Å². The molecule has 198 valence electrons. The van der Waals surface area contributed by atoms with E-state index in [0.29, 0.717) is 18.7 Å². The number of hydrogen-bond donors (Lipinski definition) is 0. The third-order valence-electron chi connectivity index (χ3n) is 6.40. The van der Waals surface area contributed by atoms with E-state index in [-0.39, 0.29) is 11.6 Å². The van der Waals surface area contributed by atoms with Crippen molar-refractivity contribution in [1.29, 1.82) is 0 Å². The summed E-state index contributed by atoms with van der Waals surface area (Å²) in [6, 6.07) is 10.2. The molecule has 2 aliphatic heterocycles. The van der Waals surface area contributed by atoms with Crippen molar-refractivity contribution in [3.63, 3.8) is 0 Å². The number of aryl methyl sites for hydroxylation is 1. The Morgan fingerprint density at radius 2 is 2.00 bits per heavy atom. The molecule has 2 aromatic heterocycles. The number of rotatable bonds is 6. The van der Waals surface area contributed by atoms with Crippen molar-refractivity contribution < 1.29 is 31.4 Å². The smallest absolute Gasteiger partial charge is 0.458 e. The molecule has 0 spiro atoms. The van der Waals surface area contributed by atoms with Crippen LogP contribution >= 0.6 is 23.6 Å². The fraction of sp³-hybridized carbons (Fsp3) is 0.375. The SMILES string of the molecule is C[n+]1ccn(CCOC(=O)c2ccc3c(c2)N2C(=S)CCCC2(C)N3Cc2cccs2)c1.F[B-](F)(F)F. The number of nitrogens with zero attached hydrogens (tertiary/aromatic N) is 4. The first-order chi connectivity index (χ1) is 17.5. The van der Waals surface area contributed by atoms with Crippen molar-refractivity contribution in [2.75, 3.05) is 16.4 Å². The van der Waals surface area contributed by atoms with Crippen molar-refractivity contribution in [3.05, 3.63) is 64.9 Å².